The standard InChI is InChI=1S/C14H27N3O3/c1-10(2)15-6-5-13(18)17-7-8-20-9-12(17)14(19)16-11(3)4/h10-12,15H,5-9H2,1-4H3,(H,16,19). The summed E-state index contributed by atoms with van der Waals surface area (Å²) in [6.45, 7) is 9.77. The minimum atomic E-state index is -0.502. The minimum Gasteiger partial charge on any atom is -0.377 e. The number of carbonyl (C=O) groups is 2. The Bertz CT molecular complexity index is 332. The van der Waals surface area contributed by atoms with Crippen molar-refractivity contribution in [3.05, 3.63) is 0 Å². The first kappa shape index (κ1) is 16.9. The molecule has 6 heteroatoms. The number of hydrogen-bond donors (Lipinski definition) is 2. The third-order valence-electron chi connectivity index (χ3n) is 3.07. The van der Waals surface area contributed by atoms with Crippen LogP contribution in [-0.4, -0.2) is 61.1 Å². The first-order chi connectivity index (χ1) is 9.41. The Morgan fingerprint density at radius 2 is 1.95 bits per heavy atom. The molecular weight excluding hydrogens is 258 g/mol. The number of rotatable bonds is 6. The summed E-state index contributed by atoms with van der Waals surface area (Å²) in [6, 6.07) is -0.0887. The summed E-state index contributed by atoms with van der Waals surface area (Å²) in [5.74, 6) is -0.129. The van der Waals surface area contributed by atoms with Crippen molar-refractivity contribution in [2.24, 2.45) is 0 Å². The number of morpholine rings is 1. The molecule has 1 heterocycles. The Hall–Kier alpha value is -1.14. The fourth-order valence-corrected chi connectivity index (χ4v) is 2.11. The van der Waals surface area contributed by atoms with Gasteiger partial charge in [-0.1, -0.05) is 13.8 Å². The van der Waals surface area contributed by atoms with Crippen molar-refractivity contribution in [2.45, 2.75) is 52.2 Å². The van der Waals surface area contributed by atoms with Gasteiger partial charge in [-0.25, -0.2) is 0 Å². The zero-order valence-corrected chi connectivity index (χ0v) is 12.9. The van der Waals surface area contributed by atoms with E-state index in [0.717, 1.165) is 0 Å². The zero-order valence-electron chi connectivity index (χ0n) is 12.9. The molecule has 0 radical (unpaired) electrons. The molecule has 0 bridgehead atoms. The van der Waals surface area contributed by atoms with Crippen molar-refractivity contribution in [2.75, 3.05) is 26.3 Å². The second-order valence-corrected chi connectivity index (χ2v) is 5.70. The van der Waals surface area contributed by atoms with Crippen molar-refractivity contribution < 1.29 is 14.3 Å². The Kier molecular flexibility index (Phi) is 6.95. The number of nitrogens with one attached hydrogen (secondary N) is 2. The van der Waals surface area contributed by atoms with E-state index in [1.807, 2.05) is 27.7 Å². The normalized spacial score (nSPS) is 19.5. The lowest BCUT2D eigenvalue weighted by Gasteiger charge is -2.35. The topological polar surface area (TPSA) is 70.7 Å². The summed E-state index contributed by atoms with van der Waals surface area (Å²) >= 11 is 0. The molecule has 0 aromatic carbocycles. The lowest BCUT2D eigenvalue weighted by atomic mass is 10.1. The van der Waals surface area contributed by atoms with Gasteiger partial charge in [0.25, 0.3) is 0 Å². The van der Waals surface area contributed by atoms with Gasteiger partial charge in [-0.3, -0.25) is 9.59 Å². The number of nitrogens with zero attached hydrogens (tertiary/aromatic N) is 1. The highest BCUT2D eigenvalue weighted by molar-refractivity contribution is 5.88. The molecule has 2 amide bonds. The highest BCUT2D eigenvalue weighted by atomic mass is 16.5. The van der Waals surface area contributed by atoms with E-state index in [-0.39, 0.29) is 24.5 Å². The minimum absolute atomic E-state index is 0.00496. The van der Waals surface area contributed by atoms with E-state index in [4.69, 9.17) is 4.74 Å². The summed E-state index contributed by atoms with van der Waals surface area (Å²) in [6.07, 6.45) is 0.406. The molecule has 0 saturated carbocycles. The summed E-state index contributed by atoms with van der Waals surface area (Å²) in [5.41, 5.74) is 0. The van der Waals surface area contributed by atoms with Crippen molar-refractivity contribution >= 4 is 11.8 Å². The quantitative estimate of drug-likeness (QED) is 0.727. The van der Waals surface area contributed by atoms with Crippen molar-refractivity contribution in [1.29, 1.82) is 0 Å². The molecule has 1 unspecified atom stereocenters. The number of hydrogen-bond acceptors (Lipinski definition) is 4. The Labute approximate surface area is 121 Å². The molecule has 1 atom stereocenters. The highest BCUT2D eigenvalue weighted by Crippen LogP contribution is 2.09. The van der Waals surface area contributed by atoms with Crippen LogP contribution in [0.25, 0.3) is 0 Å². The van der Waals surface area contributed by atoms with Gasteiger partial charge in [0.05, 0.1) is 13.2 Å². The van der Waals surface area contributed by atoms with Crippen LogP contribution in [0.2, 0.25) is 0 Å². The molecule has 1 fully saturated rings. The number of amides is 2. The summed E-state index contributed by atoms with van der Waals surface area (Å²) in [5, 5.41) is 6.06. The monoisotopic (exact) mass is 285 g/mol. The van der Waals surface area contributed by atoms with E-state index < -0.39 is 6.04 Å². The SMILES string of the molecule is CC(C)NCCC(=O)N1CCOCC1C(=O)NC(C)C. The first-order valence-electron chi connectivity index (χ1n) is 7.32. The molecule has 2 N–H and O–H groups in total. The predicted octanol–water partition coefficient (Wildman–Crippen LogP) is 0.127. The van der Waals surface area contributed by atoms with Gasteiger partial charge in [0.2, 0.25) is 11.8 Å². The van der Waals surface area contributed by atoms with Crippen molar-refractivity contribution in [3.8, 4) is 0 Å². The molecule has 0 aliphatic carbocycles. The van der Waals surface area contributed by atoms with E-state index >= 15 is 0 Å². The van der Waals surface area contributed by atoms with Crippen LogP contribution >= 0.6 is 0 Å². The lowest BCUT2D eigenvalue weighted by molar-refractivity contribution is -0.148. The van der Waals surface area contributed by atoms with E-state index in [1.165, 1.54) is 0 Å². The van der Waals surface area contributed by atoms with Gasteiger partial charge < -0.3 is 20.3 Å². The zero-order chi connectivity index (χ0) is 15.1. The number of ether oxygens (including phenoxy) is 1. The van der Waals surface area contributed by atoms with Crippen LogP contribution in [0, 0.1) is 0 Å². The van der Waals surface area contributed by atoms with Gasteiger partial charge in [-0.15, -0.1) is 0 Å². The van der Waals surface area contributed by atoms with Gasteiger partial charge >= 0.3 is 0 Å². The largest absolute Gasteiger partial charge is 0.377 e. The first-order valence-corrected chi connectivity index (χ1v) is 7.32. The van der Waals surface area contributed by atoms with Crippen LogP contribution in [0.3, 0.4) is 0 Å². The van der Waals surface area contributed by atoms with Crippen molar-refractivity contribution in [1.82, 2.24) is 15.5 Å². The van der Waals surface area contributed by atoms with E-state index in [2.05, 4.69) is 10.6 Å². The third kappa shape index (κ3) is 5.46. The molecular formula is C14H27N3O3. The molecule has 1 aliphatic heterocycles. The molecule has 6 nitrogen and oxygen atoms in total. The summed E-state index contributed by atoms with van der Waals surface area (Å²) < 4.78 is 5.34. The Morgan fingerprint density at radius 3 is 2.55 bits per heavy atom. The number of carbonyl (C=O) groups excluding carboxylic acids is 2. The third-order valence-corrected chi connectivity index (χ3v) is 3.07. The molecule has 0 aromatic heterocycles. The van der Waals surface area contributed by atoms with E-state index in [0.29, 0.717) is 32.2 Å². The van der Waals surface area contributed by atoms with Crippen LogP contribution in [-0.2, 0) is 14.3 Å². The maximum atomic E-state index is 12.2. The maximum Gasteiger partial charge on any atom is 0.245 e. The molecule has 1 saturated heterocycles. The Morgan fingerprint density at radius 1 is 1.25 bits per heavy atom. The Balaban J connectivity index is 2.54. The van der Waals surface area contributed by atoms with Crippen LogP contribution in [0.15, 0.2) is 0 Å². The predicted molar refractivity (Wildman–Crippen MR) is 77.4 cm³/mol. The van der Waals surface area contributed by atoms with Crippen molar-refractivity contribution in [3.63, 3.8) is 0 Å². The van der Waals surface area contributed by atoms with Crippen LogP contribution in [0.5, 0.6) is 0 Å². The van der Waals surface area contributed by atoms with Gasteiger partial charge in [0.1, 0.15) is 6.04 Å². The molecule has 1 rings (SSSR count). The molecule has 1 aliphatic rings. The molecule has 116 valence electrons. The van der Waals surface area contributed by atoms with Gasteiger partial charge in [0, 0.05) is 31.6 Å². The summed E-state index contributed by atoms with van der Waals surface area (Å²) in [4.78, 5) is 26.0. The van der Waals surface area contributed by atoms with Gasteiger partial charge in [0.15, 0.2) is 0 Å². The average Bonchev–Trinajstić information content (AvgIpc) is 2.37. The molecule has 0 spiro atoms. The van der Waals surface area contributed by atoms with Crippen LogP contribution in [0.4, 0.5) is 0 Å². The van der Waals surface area contributed by atoms with Gasteiger partial charge in [-0.05, 0) is 13.8 Å². The van der Waals surface area contributed by atoms with Crippen LogP contribution in [0.1, 0.15) is 34.1 Å². The second kappa shape index (κ2) is 8.21. The maximum absolute atomic E-state index is 12.2. The second-order valence-electron chi connectivity index (χ2n) is 5.70. The molecule has 20 heavy (non-hydrogen) atoms. The van der Waals surface area contributed by atoms with Crippen LogP contribution < -0.4 is 10.6 Å². The molecule has 0 aromatic rings. The highest BCUT2D eigenvalue weighted by Gasteiger charge is 2.32. The lowest BCUT2D eigenvalue weighted by Crippen LogP contribution is -2.57. The van der Waals surface area contributed by atoms with E-state index in [1.54, 1.807) is 4.90 Å². The van der Waals surface area contributed by atoms with Gasteiger partial charge in [-0.2, -0.15) is 0 Å². The fourth-order valence-electron chi connectivity index (χ4n) is 2.11. The smallest absolute Gasteiger partial charge is 0.245 e. The van der Waals surface area contributed by atoms with E-state index in [9.17, 15) is 9.59 Å². The fraction of sp³-hybridized carbons (Fsp3) is 0.857. The summed E-state index contributed by atoms with van der Waals surface area (Å²) in [7, 11) is 0. The average molecular weight is 285 g/mol.